The summed E-state index contributed by atoms with van der Waals surface area (Å²) < 4.78 is 24.3. The molecule has 0 spiro atoms. The summed E-state index contributed by atoms with van der Waals surface area (Å²) in [5.41, 5.74) is 0.946. The smallest absolute Gasteiger partial charge is 0.123 e. The Morgan fingerprint density at radius 3 is 2.71 bits per heavy atom. The van der Waals surface area contributed by atoms with Gasteiger partial charge in [-0.3, -0.25) is 4.21 Å². The summed E-state index contributed by atoms with van der Waals surface area (Å²) in [6, 6.07) is 6.91. The second-order valence-corrected chi connectivity index (χ2v) is 5.80. The average Bonchev–Trinajstić information content (AvgIpc) is 2.24. The number of hydrogen-bond donors (Lipinski definition) is 1. The zero-order valence-electron chi connectivity index (χ0n) is 10.6. The largest absolute Gasteiger partial charge is 0.307 e. The van der Waals surface area contributed by atoms with Crippen molar-refractivity contribution >= 4 is 10.8 Å². The highest BCUT2D eigenvalue weighted by Gasteiger charge is 2.13. The third kappa shape index (κ3) is 4.96. The molecule has 0 aliphatic carbocycles. The van der Waals surface area contributed by atoms with Crippen molar-refractivity contribution in [3.8, 4) is 0 Å². The molecule has 1 aromatic carbocycles. The van der Waals surface area contributed by atoms with Gasteiger partial charge in [-0.15, -0.1) is 0 Å². The Balaban J connectivity index is 2.68. The summed E-state index contributed by atoms with van der Waals surface area (Å²) in [5.74, 6) is 0.403. The minimum Gasteiger partial charge on any atom is -0.307 e. The fraction of sp³-hybridized carbons (Fsp3) is 0.538. The van der Waals surface area contributed by atoms with Crippen molar-refractivity contribution in [3.05, 3.63) is 35.6 Å². The molecule has 1 rings (SSSR count). The first-order valence-electron chi connectivity index (χ1n) is 5.84. The van der Waals surface area contributed by atoms with Gasteiger partial charge in [-0.2, -0.15) is 0 Å². The van der Waals surface area contributed by atoms with Crippen LogP contribution in [0.4, 0.5) is 4.39 Å². The van der Waals surface area contributed by atoms with Gasteiger partial charge >= 0.3 is 0 Å². The molecule has 0 heterocycles. The minimum absolute atomic E-state index is 0.115. The van der Waals surface area contributed by atoms with Crippen molar-refractivity contribution in [1.29, 1.82) is 0 Å². The zero-order valence-corrected chi connectivity index (χ0v) is 11.4. The van der Waals surface area contributed by atoms with E-state index in [-0.39, 0.29) is 17.9 Å². The normalized spacial score (nSPS) is 16.5. The molecular weight excluding hydrogens is 237 g/mol. The van der Waals surface area contributed by atoms with Gasteiger partial charge < -0.3 is 5.32 Å². The van der Waals surface area contributed by atoms with E-state index in [1.807, 2.05) is 13.0 Å². The summed E-state index contributed by atoms with van der Waals surface area (Å²) >= 11 is 0. The SMILES string of the molecule is CCC(NC(C)CS(C)=O)c1cccc(F)c1. The van der Waals surface area contributed by atoms with Gasteiger partial charge in [-0.1, -0.05) is 19.1 Å². The van der Waals surface area contributed by atoms with Gasteiger partial charge in [0.25, 0.3) is 0 Å². The number of hydrogen-bond acceptors (Lipinski definition) is 2. The van der Waals surface area contributed by atoms with E-state index in [4.69, 9.17) is 0 Å². The lowest BCUT2D eigenvalue weighted by atomic mass is 10.0. The van der Waals surface area contributed by atoms with Crippen LogP contribution in [0.1, 0.15) is 31.9 Å². The highest BCUT2D eigenvalue weighted by molar-refractivity contribution is 7.84. The molecule has 1 aromatic rings. The Morgan fingerprint density at radius 2 is 2.18 bits per heavy atom. The zero-order chi connectivity index (χ0) is 12.8. The van der Waals surface area contributed by atoms with E-state index in [2.05, 4.69) is 12.2 Å². The topological polar surface area (TPSA) is 29.1 Å². The van der Waals surface area contributed by atoms with Gasteiger partial charge in [0.15, 0.2) is 0 Å². The first-order valence-corrected chi connectivity index (χ1v) is 7.57. The monoisotopic (exact) mass is 257 g/mol. The van der Waals surface area contributed by atoms with Crippen molar-refractivity contribution in [2.75, 3.05) is 12.0 Å². The Labute approximate surface area is 105 Å². The predicted octanol–water partition coefficient (Wildman–Crippen LogP) is 2.63. The molecule has 17 heavy (non-hydrogen) atoms. The van der Waals surface area contributed by atoms with Crippen LogP contribution in [0.3, 0.4) is 0 Å². The summed E-state index contributed by atoms with van der Waals surface area (Å²) in [6.45, 7) is 4.06. The fourth-order valence-corrected chi connectivity index (χ4v) is 2.72. The van der Waals surface area contributed by atoms with Crippen LogP contribution >= 0.6 is 0 Å². The van der Waals surface area contributed by atoms with E-state index in [1.165, 1.54) is 6.07 Å². The molecule has 0 aliphatic heterocycles. The third-order valence-corrected chi connectivity index (χ3v) is 3.60. The molecule has 0 radical (unpaired) electrons. The average molecular weight is 257 g/mol. The molecule has 0 amide bonds. The molecule has 3 atom stereocenters. The highest BCUT2D eigenvalue weighted by Crippen LogP contribution is 2.18. The Bertz CT molecular complexity index is 383. The van der Waals surface area contributed by atoms with Crippen LogP contribution in [-0.4, -0.2) is 22.3 Å². The Kier molecular flexibility index (Phi) is 5.78. The van der Waals surface area contributed by atoms with Crippen LogP contribution in [-0.2, 0) is 10.8 Å². The maximum absolute atomic E-state index is 13.1. The number of halogens is 1. The molecule has 96 valence electrons. The van der Waals surface area contributed by atoms with Gasteiger partial charge in [0.2, 0.25) is 0 Å². The van der Waals surface area contributed by atoms with Crippen molar-refractivity contribution in [2.24, 2.45) is 0 Å². The van der Waals surface area contributed by atoms with E-state index in [0.29, 0.717) is 5.75 Å². The van der Waals surface area contributed by atoms with E-state index >= 15 is 0 Å². The van der Waals surface area contributed by atoms with Crippen molar-refractivity contribution in [3.63, 3.8) is 0 Å². The van der Waals surface area contributed by atoms with E-state index in [9.17, 15) is 8.60 Å². The molecule has 4 heteroatoms. The maximum atomic E-state index is 13.1. The lowest BCUT2D eigenvalue weighted by Gasteiger charge is -2.22. The summed E-state index contributed by atoms with van der Waals surface area (Å²) in [5, 5.41) is 3.38. The number of nitrogens with one attached hydrogen (secondary N) is 1. The van der Waals surface area contributed by atoms with Crippen LogP contribution in [0.2, 0.25) is 0 Å². The van der Waals surface area contributed by atoms with Crippen molar-refractivity contribution < 1.29 is 8.60 Å². The Hall–Kier alpha value is -0.740. The maximum Gasteiger partial charge on any atom is 0.123 e. The summed E-state index contributed by atoms with van der Waals surface area (Å²) in [7, 11) is -0.811. The van der Waals surface area contributed by atoms with Crippen LogP contribution in [0.5, 0.6) is 0 Å². The lowest BCUT2D eigenvalue weighted by molar-refractivity contribution is 0.466. The van der Waals surface area contributed by atoms with Crippen molar-refractivity contribution in [2.45, 2.75) is 32.4 Å². The fourth-order valence-electron chi connectivity index (χ4n) is 1.92. The van der Waals surface area contributed by atoms with E-state index < -0.39 is 10.8 Å². The van der Waals surface area contributed by atoms with Gasteiger partial charge in [0.1, 0.15) is 5.82 Å². The second kappa shape index (κ2) is 6.87. The Morgan fingerprint density at radius 1 is 1.47 bits per heavy atom. The molecule has 0 aliphatic rings. The first kappa shape index (κ1) is 14.3. The van der Waals surface area contributed by atoms with Gasteiger partial charge in [-0.25, -0.2) is 4.39 Å². The van der Waals surface area contributed by atoms with Gasteiger partial charge in [0, 0.05) is 34.9 Å². The molecule has 2 nitrogen and oxygen atoms in total. The number of benzene rings is 1. The van der Waals surface area contributed by atoms with Crippen LogP contribution in [0.25, 0.3) is 0 Å². The molecule has 0 saturated heterocycles. The molecule has 1 N–H and O–H groups in total. The molecule has 0 aromatic heterocycles. The van der Waals surface area contributed by atoms with E-state index in [0.717, 1.165) is 12.0 Å². The van der Waals surface area contributed by atoms with Crippen LogP contribution < -0.4 is 5.32 Å². The summed E-state index contributed by atoms with van der Waals surface area (Å²) in [6.07, 6.45) is 2.57. The predicted molar refractivity (Wildman–Crippen MR) is 71.0 cm³/mol. The standard InChI is InChI=1S/C13H20FNOS/c1-4-13(15-10(2)9-17(3)16)11-6-5-7-12(14)8-11/h5-8,10,13,15H,4,9H2,1-3H3. The van der Waals surface area contributed by atoms with Crippen LogP contribution in [0.15, 0.2) is 24.3 Å². The molecular formula is C13H20FNOS. The van der Waals surface area contributed by atoms with Crippen molar-refractivity contribution in [1.82, 2.24) is 5.32 Å². The third-order valence-electron chi connectivity index (χ3n) is 2.63. The van der Waals surface area contributed by atoms with Crippen LogP contribution in [0, 0.1) is 5.82 Å². The summed E-state index contributed by atoms with van der Waals surface area (Å²) in [4.78, 5) is 0. The number of rotatable bonds is 6. The van der Waals surface area contributed by atoms with E-state index in [1.54, 1.807) is 18.4 Å². The first-order chi connectivity index (χ1) is 8.02. The lowest BCUT2D eigenvalue weighted by Crippen LogP contribution is -2.34. The van der Waals surface area contributed by atoms with Gasteiger partial charge in [-0.05, 0) is 31.0 Å². The molecule has 0 bridgehead atoms. The minimum atomic E-state index is -0.811. The second-order valence-electron chi connectivity index (χ2n) is 4.32. The van der Waals surface area contributed by atoms with Gasteiger partial charge in [0.05, 0.1) is 0 Å². The highest BCUT2D eigenvalue weighted by atomic mass is 32.2. The molecule has 0 saturated carbocycles. The quantitative estimate of drug-likeness (QED) is 0.849. The molecule has 3 unspecified atom stereocenters. The molecule has 0 fully saturated rings.